The molecule has 3 heterocycles. The predicted molar refractivity (Wildman–Crippen MR) is 144 cm³/mol. The van der Waals surface area contributed by atoms with Gasteiger partial charge >= 0.3 is 0 Å². The first kappa shape index (κ1) is 24.9. The molecule has 0 radical (unpaired) electrons. The van der Waals surface area contributed by atoms with Crippen LogP contribution in [0.2, 0.25) is 0 Å². The number of nitrogens with one attached hydrogen (secondary N) is 1. The van der Waals surface area contributed by atoms with E-state index >= 15 is 0 Å². The Kier molecular flexibility index (Phi) is 6.84. The molecule has 1 saturated carbocycles. The Morgan fingerprint density at radius 2 is 1.97 bits per heavy atom. The normalized spacial score (nSPS) is 16.4. The van der Waals surface area contributed by atoms with E-state index in [-0.39, 0.29) is 36.1 Å². The number of oxazole rings is 1. The molecular weight excluding hydrogens is 492 g/mol. The highest BCUT2D eigenvalue weighted by Crippen LogP contribution is 2.41. The molecule has 1 N–H and O–H groups in total. The van der Waals surface area contributed by atoms with Crippen LogP contribution in [0.15, 0.2) is 77.7 Å². The van der Waals surface area contributed by atoms with Crippen LogP contribution in [0.1, 0.15) is 63.1 Å². The van der Waals surface area contributed by atoms with Crippen molar-refractivity contribution in [3.05, 3.63) is 113 Å². The number of aromatic nitrogens is 2. The van der Waals surface area contributed by atoms with Crippen molar-refractivity contribution in [2.75, 3.05) is 6.54 Å². The molecule has 0 spiro atoms. The molecule has 39 heavy (non-hydrogen) atoms. The van der Waals surface area contributed by atoms with Crippen LogP contribution in [0.4, 0.5) is 0 Å². The first-order chi connectivity index (χ1) is 19.0. The van der Waals surface area contributed by atoms with E-state index in [1.165, 1.54) is 17.4 Å². The maximum atomic E-state index is 13.2. The van der Waals surface area contributed by atoms with E-state index in [1.807, 2.05) is 29.2 Å². The number of nitrogens with zero attached hydrogens (tertiary/aromatic N) is 3. The van der Waals surface area contributed by atoms with Gasteiger partial charge in [0.1, 0.15) is 12.0 Å². The Balaban J connectivity index is 1.17. The first-order valence-electron chi connectivity index (χ1n) is 13.3. The summed E-state index contributed by atoms with van der Waals surface area (Å²) >= 11 is 0. The number of fused-ring (bicyclic) bond motifs is 1. The number of carbonyl (C=O) groups is 2. The van der Waals surface area contributed by atoms with Gasteiger partial charge in [0.2, 0.25) is 11.8 Å². The van der Waals surface area contributed by atoms with Crippen LogP contribution in [0.3, 0.4) is 0 Å². The van der Waals surface area contributed by atoms with Crippen LogP contribution in [-0.4, -0.2) is 33.2 Å². The molecule has 1 aliphatic heterocycles. The maximum Gasteiger partial charge on any atom is 0.273 e. The minimum absolute atomic E-state index is 0.0780. The molecule has 0 bridgehead atoms. The van der Waals surface area contributed by atoms with Crippen molar-refractivity contribution >= 4 is 11.8 Å². The fourth-order valence-electron chi connectivity index (χ4n) is 5.00. The summed E-state index contributed by atoms with van der Waals surface area (Å²) in [5, 5.41) is 2.81. The van der Waals surface area contributed by atoms with E-state index in [4.69, 9.17) is 9.15 Å². The molecule has 6 rings (SSSR count). The summed E-state index contributed by atoms with van der Waals surface area (Å²) in [5.74, 6) is 1.03. The molecule has 4 aromatic rings. The number of amides is 2. The maximum absolute atomic E-state index is 13.2. The van der Waals surface area contributed by atoms with Crippen molar-refractivity contribution < 1.29 is 18.7 Å². The topological polar surface area (TPSA) is 97.6 Å². The summed E-state index contributed by atoms with van der Waals surface area (Å²) in [6.07, 6.45) is 7.49. The lowest BCUT2D eigenvalue weighted by Crippen LogP contribution is -2.41. The summed E-state index contributed by atoms with van der Waals surface area (Å²) in [7, 11) is 0. The number of hydrogen-bond donors (Lipinski definition) is 1. The van der Waals surface area contributed by atoms with Gasteiger partial charge in [-0.2, -0.15) is 0 Å². The second-order valence-corrected chi connectivity index (χ2v) is 10.2. The van der Waals surface area contributed by atoms with Crippen LogP contribution >= 0.6 is 0 Å². The minimum Gasteiger partial charge on any atom is -0.484 e. The van der Waals surface area contributed by atoms with E-state index in [2.05, 4.69) is 52.5 Å². The number of pyridine rings is 1. The standard InChI is InChI=1S/C31H30N4O4/c1-20-4-6-23(7-5-20)29-26-15-25(11-10-22(26)12-14-35(29)31(37)24-8-9-24)38-19-28-34-27(18-39-28)30(36)33-17-21-3-2-13-32-16-21/h2-7,10-11,13,15-16,18,24,29H,8-9,12,14,17,19H2,1H3,(H,33,36). The lowest BCUT2D eigenvalue weighted by molar-refractivity contribution is -0.134. The number of ether oxygens (including phenoxy) is 1. The van der Waals surface area contributed by atoms with Gasteiger partial charge in [-0.25, -0.2) is 4.98 Å². The molecule has 198 valence electrons. The molecule has 1 unspecified atom stereocenters. The van der Waals surface area contributed by atoms with Gasteiger partial charge in [-0.05, 0) is 66.6 Å². The molecule has 2 aromatic carbocycles. The van der Waals surface area contributed by atoms with Crippen LogP contribution in [0, 0.1) is 12.8 Å². The molecule has 0 saturated heterocycles. The molecule has 1 aliphatic carbocycles. The molecule has 8 heteroatoms. The molecule has 8 nitrogen and oxygen atoms in total. The van der Waals surface area contributed by atoms with Crippen LogP contribution < -0.4 is 10.1 Å². The quantitative estimate of drug-likeness (QED) is 0.358. The van der Waals surface area contributed by atoms with Crippen LogP contribution in [-0.2, 0) is 24.4 Å². The largest absolute Gasteiger partial charge is 0.484 e. The average molecular weight is 523 g/mol. The van der Waals surface area contributed by atoms with E-state index in [9.17, 15) is 9.59 Å². The molecule has 1 atom stereocenters. The van der Waals surface area contributed by atoms with Gasteiger partial charge in [0.05, 0.1) is 6.04 Å². The highest BCUT2D eigenvalue weighted by Gasteiger charge is 2.39. The van der Waals surface area contributed by atoms with Gasteiger partial charge in [-0.3, -0.25) is 14.6 Å². The SMILES string of the molecule is Cc1ccc(C2c3cc(OCc4nc(C(=O)NCc5cccnc5)co4)ccc3CCN2C(=O)C2CC2)cc1. The number of benzene rings is 2. The van der Waals surface area contributed by atoms with Crippen molar-refractivity contribution in [2.45, 2.75) is 45.4 Å². The molecular formula is C31H30N4O4. The van der Waals surface area contributed by atoms with E-state index < -0.39 is 0 Å². The van der Waals surface area contributed by atoms with E-state index in [0.29, 0.717) is 24.7 Å². The fraction of sp³-hybridized carbons (Fsp3) is 0.290. The van der Waals surface area contributed by atoms with E-state index in [0.717, 1.165) is 36.0 Å². The van der Waals surface area contributed by atoms with E-state index in [1.54, 1.807) is 12.4 Å². The van der Waals surface area contributed by atoms with Gasteiger partial charge in [-0.15, -0.1) is 0 Å². The van der Waals surface area contributed by atoms with Gasteiger partial charge in [0.15, 0.2) is 12.3 Å². The van der Waals surface area contributed by atoms with Crippen molar-refractivity contribution in [2.24, 2.45) is 5.92 Å². The Labute approximate surface area is 227 Å². The third-order valence-electron chi connectivity index (χ3n) is 7.27. The van der Waals surface area contributed by atoms with Crippen LogP contribution in [0.25, 0.3) is 0 Å². The Hall–Kier alpha value is -4.46. The van der Waals surface area contributed by atoms with Gasteiger partial charge in [0, 0.05) is 31.4 Å². The van der Waals surface area contributed by atoms with Crippen molar-refractivity contribution in [3.63, 3.8) is 0 Å². The fourth-order valence-corrected chi connectivity index (χ4v) is 5.00. The Morgan fingerprint density at radius 3 is 2.74 bits per heavy atom. The van der Waals surface area contributed by atoms with Gasteiger partial charge in [-0.1, -0.05) is 42.0 Å². The summed E-state index contributed by atoms with van der Waals surface area (Å²) in [6, 6.07) is 18.0. The zero-order chi connectivity index (χ0) is 26.8. The minimum atomic E-state index is -0.330. The summed E-state index contributed by atoms with van der Waals surface area (Å²) < 4.78 is 11.5. The Bertz CT molecular complexity index is 1480. The van der Waals surface area contributed by atoms with Gasteiger partial charge < -0.3 is 19.4 Å². The number of carbonyl (C=O) groups excluding carboxylic acids is 2. The molecule has 2 aliphatic rings. The first-order valence-corrected chi connectivity index (χ1v) is 13.3. The predicted octanol–water partition coefficient (Wildman–Crippen LogP) is 4.77. The summed E-state index contributed by atoms with van der Waals surface area (Å²) in [5.41, 5.74) is 5.67. The number of aryl methyl sites for hydroxylation is 1. The van der Waals surface area contributed by atoms with Crippen molar-refractivity contribution in [1.82, 2.24) is 20.2 Å². The smallest absolute Gasteiger partial charge is 0.273 e. The lowest BCUT2D eigenvalue weighted by Gasteiger charge is -2.38. The lowest BCUT2D eigenvalue weighted by atomic mass is 9.87. The highest BCUT2D eigenvalue weighted by molar-refractivity contribution is 5.91. The highest BCUT2D eigenvalue weighted by atomic mass is 16.5. The third-order valence-corrected chi connectivity index (χ3v) is 7.27. The molecule has 1 fully saturated rings. The number of hydrogen-bond acceptors (Lipinski definition) is 6. The summed E-state index contributed by atoms with van der Waals surface area (Å²) in [6.45, 7) is 3.21. The monoisotopic (exact) mass is 522 g/mol. The average Bonchev–Trinajstić information content (AvgIpc) is 3.72. The number of rotatable bonds is 8. The zero-order valence-electron chi connectivity index (χ0n) is 21.8. The molecule has 2 aromatic heterocycles. The second kappa shape index (κ2) is 10.7. The van der Waals surface area contributed by atoms with Crippen molar-refractivity contribution in [1.29, 1.82) is 0 Å². The summed E-state index contributed by atoms with van der Waals surface area (Å²) in [4.78, 5) is 36.1. The van der Waals surface area contributed by atoms with Crippen LogP contribution in [0.5, 0.6) is 5.75 Å². The second-order valence-electron chi connectivity index (χ2n) is 10.2. The third kappa shape index (κ3) is 5.55. The molecule has 2 amide bonds. The Morgan fingerprint density at radius 1 is 1.13 bits per heavy atom. The van der Waals surface area contributed by atoms with Crippen molar-refractivity contribution in [3.8, 4) is 5.75 Å². The zero-order valence-corrected chi connectivity index (χ0v) is 21.8. The van der Waals surface area contributed by atoms with Gasteiger partial charge in [0.25, 0.3) is 5.91 Å².